The lowest BCUT2D eigenvalue weighted by Gasteiger charge is -2.12. The molecule has 2 aromatic rings. The standard InChI is InChI=1S/C13H15ClN4OS/c1-3-5-18-13(19)11(14)10(8-17-18)16-7-9(2)12-15-4-6-20-12/h3-4,6,8-9,16H,1,5,7H2,2H3. The molecule has 0 fully saturated rings. The Labute approximate surface area is 125 Å². The zero-order valence-corrected chi connectivity index (χ0v) is 12.6. The molecule has 0 radical (unpaired) electrons. The Hall–Kier alpha value is -1.66. The topological polar surface area (TPSA) is 59.8 Å². The second kappa shape index (κ2) is 6.67. The predicted molar refractivity (Wildman–Crippen MR) is 82.7 cm³/mol. The number of nitrogens with one attached hydrogen (secondary N) is 1. The van der Waals surface area contributed by atoms with E-state index < -0.39 is 0 Å². The summed E-state index contributed by atoms with van der Waals surface area (Å²) < 4.78 is 1.27. The molecule has 1 N–H and O–H groups in total. The number of hydrogen-bond acceptors (Lipinski definition) is 5. The fourth-order valence-electron chi connectivity index (χ4n) is 1.67. The van der Waals surface area contributed by atoms with Gasteiger partial charge < -0.3 is 5.32 Å². The number of rotatable bonds is 6. The molecule has 20 heavy (non-hydrogen) atoms. The summed E-state index contributed by atoms with van der Waals surface area (Å²) in [5.41, 5.74) is 0.221. The Morgan fingerprint density at radius 1 is 1.65 bits per heavy atom. The van der Waals surface area contributed by atoms with Crippen LogP contribution in [0.25, 0.3) is 0 Å². The van der Waals surface area contributed by atoms with Gasteiger partial charge in [0, 0.05) is 24.0 Å². The summed E-state index contributed by atoms with van der Waals surface area (Å²) in [7, 11) is 0. The van der Waals surface area contributed by atoms with Crippen molar-refractivity contribution in [1.82, 2.24) is 14.8 Å². The molecule has 0 bridgehead atoms. The minimum Gasteiger partial charge on any atom is -0.382 e. The van der Waals surface area contributed by atoms with E-state index in [2.05, 4.69) is 28.9 Å². The van der Waals surface area contributed by atoms with E-state index >= 15 is 0 Å². The molecular formula is C13H15ClN4OS. The van der Waals surface area contributed by atoms with E-state index in [9.17, 15) is 4.79 Å². The molecule has 0 saturated heterocycles. The average molecular weight is 311 g/mol. The smallest absolute Gasteiger partial charge is 0.287 e. The van der Waals surface area contributed by atoms with E-state index in [1.165, 1.54) is 4.68 Å². The molecule has 1 unspecified atom stereocenters. The lowest BCUT2D eigenvalue weighted by atomic mass is 10.2. The SMILES string of the molecule is C=CCn1ncc(NCC(C)c2nccs2)c(Cl)c1=O. The number of halogens is 1. The van der Waals surface area contributed by atoms with Gasteiger partial charge in [0.2, 0.25) is 0 Å². The van der Waals surface area contributed by atoms with Gasteiger partial charge in [-0.25, -0.2) is 9.67 Å². The number of allylic oxidation sites excluding steroid dienone is 1. The molecule has 2 heterocycles. The summed E-state index contributed by atoms with van der Waals surface area (Å²) in [6.45, 7) is 6.61. The molecule has 0 amide bonds. The van der Waals surface area contributed by atoms with Crippen LogP contribution in [0.4, 0.5) is 5.69 Å². The molecule has 0 aliphatic carbocycles. The molecule has 0 spiro atoms. The number of nitrogens with zero attached hydrogens (tertiary/aromatic N) is 3. The van der Waals surface area contributed by atoms with Crippen LogP contribution in [0, 0.1) is 0 Å². The fourth-order valence-corrected chi connectivity index (χ4v) is 2.58. The van der Waals surface area contributed by atoms with Gasteiger partial charge in [0.1, 0.15) is 5.02 Å². The first-order valence-corrected chi connectivity index (χ1v) is 7.39. The van der Waals surface area contributed by atoms with E-state index in [1.807, 2.05) is 5.38 Å². The van der Waals surface area contributed by atoms with Crippen LogP contribution in [0.1, 0.15) is 17.8 Å². The quantitative estimate of drug-likeness (QED) is 0.833. The lowest BCUT2D eigenvalue weighted by Crippen LogP contribution is -2.24. The largest absolute Gasteiger partial charge is 0.382 e. The zero-order chi connectivity index (χ0) is 14.5. The third-order valence-corrected chi connectivity index (χ3v) is 4.13. The molecule has 7 heteroatoms. The number of aromatic nitrogens is 3. The first-order chi connectivity index (χ1) is 9.63. The maximum atomic E-state index is 11.9. The summed E-state index contributed by atoms with van der Waals surface area (Å²) in [4.78, 5) is 16.2. The van der Waals surface area contributed by atoms with E-state index in [0.717, 1.165) is 5.01 Å². The summed E-state index contributed by atoms with van der Waals surface area (Å²) in [6.07, 6.45) is 4.94. The van der Waals surface area contributed by atoms with Crippen molar-refractivity contribution in [1.29, 1.82) is 0 Å². The summed E-state index contributed by atoms with van der Waals surface area (Å²) in [6, 6.07) is 0. The van der Waals surface area contributed by atoms with Crippen molar-refractivity contribution in [2.45, 2.75) is 19.4 Å². The molecule has 106 valence electrons. The Morgan fingerprint density at radius 2 is 2.45 bits per heavy atom. The van der Waals surface area contributed by atoms with E-state index in [0.29, 0.717) is 18.8 Å². The van der Waals surface area contributed by atoms with Crippen LogP contribution in [0.2, 0.25) is 5.02 Å². The van der Waals surface area contributed by atoms with Gasteiger partial charge in [0.25, 0.3) is 5.56 Å². The van der Waals surface area contributed by atoms with E-state index in [-0.39, 0.29) is 16.5 Å². The third-order valence-electron chi connectivity index (χ3n) is 2.76. The van der Waals surface area contributed by atoms with E-state index in [1.54, 1.807) is 29.8 Å². The van der Waals surface area contributed by atoms with Crippen LogP contribution in [0.5, 0.6) is 0 Å². The number of thiazole rings is 1. The Morgan fingerprint density at radius 3 is 3.10 bits per heavy atom. The minimum absolute atomic E-state index is 0.146. The molecule has 1 atom stereocenters. The van der Waals surface area contributed by atoms with Crippen LogP contribution in [-0.2, 0) is 6.54 Å². The van der Waals surface area contributed by atoms with Crippen molar-refractivity contribution >= 4 is 28.6 Å². The highest BCUT2D eigenvalue weighted by molar-refractivity contribution is 7.09. The molecule has 2 rings (SSSR count). The van der Waals surface area contributed by atoms with Gasteiger partial charge in [-0.15, -0.1) is 17.9 Å². The van der Waals surface area contributed by atoms with Crippen LogP contribution >= 0.6 is 22.9 Å². The lowest BCUT2D eigenvalue weighted by molar-refractivity contribution is 0.652. The fraction of sp³-hybridized carbons (Fsp3) is 0.308. The molecule has 0 aliphatic rings. The van der Waals surface area contributed by atoms with Gasteiger partial charge in [0.05, 0.1) is 23.4 Å². The van der Waals surface area contributed by atoms with Crippen molar-refractivity contribution in [3.63, 3.8) is 0 Å². The number of hydrogen-bond donors (Lipinski definition) is 1. The van der Waals surface area contributed by atoms with Gasteiger partial charge in [-0.2, -0.15) is 5.10 Å². The van der Waals surface area contributed by atoms with Crippen molar-refractivity contribution in [2.75, 3.05) is 11.9 Å². The minimum atomic E-state index is -0.321. The van der Waals surface area contributed by atoms with Gasteiger partial charge >= 0.3 is 0 Å². The van der Waals surface area contributed by atoms with Gasteiger partial charge in [-0.1, -0.05) is 24.6 Å². The highest BCUT2D eigenvalue weighted by Crippen LogP contribution is 2.20. The zero-order valence-electron chi connectivity index (χ0n) is 11.0. The van der Waals surface area contributed by atoms with Crippen LogP contribution in [-0.4, -0.2) is 21.3 Å². The molecule has 5 nitrogen and oxygen atoms in total. The van der Waals surface area contributed by atoms with Gasteiger partial charge in [-0.05, 0) is 0 Å². The Bertz CT molecular complexity index is 638. The van der Waals surface area contributed by atoms with Crippen molar-refractivity contribution in [3.8, 4) is 0 Å². The number of anilines is 1. The van der Waals surface area contributed by atoms with Crippen LogP contribution in [0.3, 0.4) is 0 Å². The second-order valence-corrected chi connectivity index (χ2v) is 5.60. The van der Waals surface area contributed by atoms with Crippen molar-refractivity contribution in [2.24, 2.45) is 0 Å². The average Bonchev–Trinajstić information content (AvgIpc) is 2.97. The van der Waals surface area contributed by atoms with Gasteiger partial charge in [-0.3, -0.25) is 4.79 Å². The predicted octanol–water partition coefficient (Wildman–Crippen LogP) is 2.75. The molecule has 0 saturated carbocycles. The van der Waals surface area contributed by atoms with Crippen molar-refractivity contribution in [3.05, 3.63) is 50.8 Å². The maximum Gasteiger partial charge on any atom is 0.287 e. The molecule has 0 aromatic carbocycles. The van der Waals surface area contributed by atoms with Gasteiger partial charge in [0.15, 0.2) is 0 Å². The third kappa shape index (κ3) is 3.26. The van der Waals surface area contributed by atoms with Crippen LogP contribution < -0.4 is 10.9 Å². The maximum absolute atomic E-state index is 11.9. The Kier molecular flexibility index (Phi) is 4.92. The van der Waals surface area contributed by atoms with E-state index in [4.69, 9.17) is 11.6 Å². The highest BCUT2D eigenvalue weighted by atomic mass is 35.5. The second-order valence-electron chi connectivity index (χ2n) is 4.30. The normalized spacial score (nSPS) is 12.1. The summed E-state index contributed by atoms with van der Waals surface area (Å²) in [5, 5.41) is 10.3. The summed E-state index contributed by atoms with van der Waals surface area (Å²) >= 11 is 7.67. The summed E-state index contributed by atoms with van der Waals surface area (Å²) in [5.74, 6) is 0.238. The highest BCUT2D eigenvalue weighted by Gasteiger charge is 2.11. The Balaban J connectivity index is 2.09. The monoisotopic (exact) mass is 310 g/mol. The first kappa shape index (κ1) is 14.7. The first-order valence-electron chi connectivity index (χ1n) is 6.13. The molecule has 2 aromatic heterocycles. The van der Waals surface area contributed by atoms with Crippen molar-refractivity contribution < 1.29 is 0 Å². The molecular weight excluding hydrogens is 296 g/mol. The van der Waals surface area contributed by atoms with Crippen LogP contribution in [0.15, 0.2) is 35.2 Å². The molecule has 0 aliphatic heterocycles.